The second-order valence-corrected chi connectivity index (χ2v) is 10.8. The van der Waals surface area contributed by atoms with E-state index in [0.717, 1.165) is 25.6 Å². The summed E-state index contributed by atoms with van der Waals surface area (Å²) < 4.78 is 35.2. The van der Waals surface area contributed by atoms with Gasteiger partial charge in [0.15, 0.2) is 6.61 Å². The van der Waals surface area contributed by atoms with Gasteiger partial charge in [-0.1, -0.05) is 22.0 Å². The third-order valence-electron chi connectivity index (χ3n) is 4.75. The Labute approximate surface area is 204 Å². The second kappa shape index (κ2) is 10.1. The summed E-state index contributed by atoms with van der Waals surface area (Å²) in [6, 6.07) is 15.1. The van der Waals surface area contributed by atoms with Gasteiger partial charge in [-0.05, 0) is 102 Å². The number of amides is 1. The highest BCUT2D eigenvalue weighted by Gasteiger charge is 2.15. The first-order chi connectivity index (χ1) is 15.0. The number of ether oxygens (including phenoxy) is 1. The minimum Gasteiger partial charge on any atom is -0.482 e. The lowest BCUT2D eigenvalue weighted by Gasteiger charge is -2.12. The molecule has 6 nitrogen and oxygen atoms in total. The van der Waals surface area contributed by atoms with Gasteiger partial charge in [-0.15, -0.1) is 0 Å². The Bertz CT molecular complexity index is 1240. The number of hydrogen-bond donors (Lipinski definition) is 2. The van der Waals surface area contributed by atoms with Crippen LogP contribution in [0.1, 0.15) is 16.7 Å². The number of halogens is 2. The minimum atomic E-state index is -3.74. The van der Waals surface area contributed by atoms with Crippen LogP contribution in [0.2, 0.25) is 0 Å². The van der Waals surface area contributed by atoms with Crippen LogP contribution in [0.3, 0.4) is 0 Å². The smallest absolute Gasteiger partial charge is 0.262 e. The molecule has 2 N–H and O–H groups in total. The molecule has 0 aromatic heterocycles. The molecule has 9 heteroatoms. The zero-order valence-corrected chi connectivity index (χ0v) is 21.7. The Balaban J connectivity index is 1.62. The van der Waals surface area contributed by atoms with Crippen molar-refractivity contribution >= 4 is 59.2 Å². The van der Waals surface area contributed by atoms with Gasteiger partial charge in [0, 0.05) is 15.8 Å². The Kier molecular flexibility index (Phi) is 7.63. The Hall–Kier alpha value is -2.36. The fourth-order valence-corrected chi connectivity index (χ4v) is 5.55. The lowest BCUT2D eigenvalue weighted by Crippen LogP contribution is -2.20. The summed E-state index contributed by atoms with van der Waals surface area (Å²) in [5.41, 5.74) is 3.92. The standard InChI is InChI=1S/C23H22Br2N2O4S/c1-14-4-5-19(11-15(14)2)27-32(29,30)20-8-6-18(7-9-20)26-22(28)13-31-23-16(3)10-17(24)12-21(23)25/h4-12,27H,13H2,1-3H3,(H,26,28). The minimum absolute atomic E-state index is 0.0967. The number of carbonyl (C=O) groups excluding carboxylic acids is 1. The lowest BCUT2D eigenvalue weighted by molar-refractivity contribution is -0.118. The maximum Gasteiger partial charge on any atom is 0.262 e. The number of anilines is 2. The zero-order chi connectivity index (χ0) is 23.5. The van der Waals surface area contributed by atoms with Crippen LogP contribution < -0.4 is 14.8 Å². The summed E-state index contributed by atoms with van der Waals surface area (Å²) in [5, 5.41) is 2.70. The fourth-order valence-electron chi connectivity index (χ4n) is 2.94. The normalized spacial score (nSPS) is 11.2. The maximum atomic E-state index is 12.7. The highest BCUT2D eigenvalue weighted by atomic mass is 79.9. The van der Waals surface area contributed by atoms with Crippen LogP contribution in [-0.4, -0.2) is 20.9 Å². The summed E-state index contributed by atoms with van der Waals surface area (Å²) in [6.45, 7) is 5.58. The molecule has 0 aliphatic carbocycles. The van der Waals surface area contributed by atoms with Gasteiger partial charge < -0.3 is 10.1 Å². The van der Waals surface area contributed by atoms with E-state index in [-0.39, 0.29) is 17.4 Å². The molecule has 0 heterocycles. The van der Waals surface area contributed by atoms with E-state index in [1.807, 2.05) is 39.0 Å². The molecule has 0 saturated carbocycles. The van der Waals surface area contributed by atoms with Crippen molar-refractivity contribution in [1.29, 1.82) is 0 Å². The van der Waals surface area contributed by atoms with Gasteiger partial charge >= 0.3 is 0 Å². The van der Waals surface area contributed by atoms with Crippen LogP contribution in [0.4, 0.5) is 11.4 Å². The Morgan fingerprint density at radius 1 is 0.875 bits per heavy atom. The summed E-state index contributed by atoms with van der Waals surface area (Å²) in [6.07, 6.45) is 0. The van der Waals surface area contributed by atoms with E-state index in [2.05, 4.69) is 41.9 Å². The van der Waals surface area contributed by atoms with Crippen molar-refractivity contribution in [2.45, 2.75) is 25.7 Å². The van der Waals surface area contributed by atoms with E-state index in [0.29, 0.717) is 17.1 Å². The molecule has 0 saturated heterocycles. The Morgan fingerprint density at radius 2 is 1.53 bits per heavy atom. The summed E-state index contributed by atoms with van der Waals surface area (Å²) in [4.78, 5) is 12.4. The second-order valence-electron chi connectivity index (χ2n) is 7.30. The number of rotatable bonds is 7. The quantitative estimate of drug-likeness (QED) is 0.361. The van der Waals surface area contributed by atoms with Crippen molar-refractivity contribution in [3.8, 4) is 5.75 Å². The van der Waals surface area contributed by atoms with Crippen molar-refractivity contribution in [1.82, 2.24) is 0 Å². The number of sulfonamides is 1. The summed E-state index contributed by atoms with van der Waals surface area (Å²) in [5.74, 6) is 0.227. The Morgan fingerprint density at radius 3 is 2.16 bits per heavy atom. The fraction of sp³-hybridized carbons (Fsp3) is 0.174. The van der Waals surface area contributed by atoms with Crippen molar-refractivity contribution in [2.24, 2.45) is 0 Å². The zero-order valence-electron chi connectivity index (χ0n) is 17.7. The molecule has 168 valence electrons. The van der Waals surface area contributed by atoms with Gasteiger partial charge in [0.2, 0.25) is 0 Å². The van der Waals surface area contributed by atoms with E-state index in [1.54, 1.807) is 12.1 Å². The van der Waals surface area contributed by atoms with E-state index in [1.165, 1.54) is 24.3 Å². The first-order valence-corrected chi connectivity index (χ1v) is 12.7. The molecule has 0 spiro atoms. The molecule has 3 aromatic carbocycles. The average molecular weight is 582 g/mol. The van der Waals surface area contributed by atoms with Crippen molar-refractivity contribution < 1.29 is 17.9 Å². The van der Waals surface area contributed by atoms with Crippen molar-refractivity contribution in [3.63, 3.8) is 0 Å². The van der Waals surface area contributed by atoms with Gasteiger partial charge in [-0.2, -0.15) is 0 Å². The first-order valence-electron chi connectivity index (χ1n) is 9.63. The maximum absolute atomic E-state index is 12.7. The molecule has 3 aromatic rings. The van der Waals surface area contributed by atoms with Crippen molar-refractivity contribution in [3.05, 3.63) is 80.2 Å². The molecular weight excluding hydrogens is 560 g/mol. The van der Waals surface area contributed by atoms with Gasteiger partial charge in [0.25, 0.3) is 15.9 Å². The van der Waals surface area contributed by atoms with E-state index < -0.39 is 10.0 Å². The number of carbonyl (C=O) groups is 1. The monoisotopic (exact) mass is 580 g/mol. The van der Waals surface area contributed by atoms with E-state index in [4.69, 9.17) is 4.74 Å². The topological polar surface area (TPSA) is 84.5 Å². The first kappa shape index (κ1) is 24.3. The molecule has 0 atom stereocenters. The van der Waals surface area contributed by atoms with Gasteiger partial charge in [0.1, 0.15) is 5.75 Å². The SMILES string of the molecule is Cc1ccc(NS(=O)(=O)c2ccc(NC(=O)COc3c(C)cc(Br)cc3Br)cc2)cc1C. The molecule has 1 amide bonds. The van der Waals surface area contributed by atoms with Gasteiger partial charge in [-0.3, -0.25) is 9.52 Å². The number of benzene rings is 3. The number of hydrogen-bond acceptors (Lipinski definition) is 4. The molecular formula is C23H22Br2N2O4S. The molecule has 3 rings (SSSR count). The summed E-state index contributed by atoms with van der Waals surface area (Å²) >= 11 is 6.83. The molecule has 0 bridgehead atoms. The third kappa shape index (κ3) is 6.11. The predicted molar refractivity (Wildman–Crippen MR) is 134 cm³/mol. The van der Waals surface area contributed by atoms with Crippen LogP contribution in [0.15, 0.2) is 68.4 Å². The van der Waals surface area contributed by atoms with Crippen molar-refractivity contribution in [2.75, 3.05) is 16.6 Å². The predicted octanol–water partition coefficient (Wildman–Crippen LogP) is 5.96. The highest BCUT2D eigenvalue weighted by molar-refractivity contribution is 9.11. The average Bonchev–Trinajstić information content (AvgIpc) is 2.70. The van der Waals surface area contributed by atoms with Crippen LogP contribution in [0.5, 0.6) is 5.75 Å². The van der Waals surface area contributed by atoms with Crippen LogP contribution in [0, 0.1) is 20.8 Å². The summed E-state index contributed by atoms with van der Waals surface area (Å²) in [7, 11) is -3.74. The van der Waals surface area contributed by atoms with E-state index >= 15 is 0 Å². The number of nitrogens with one attached hydrogen (secondary N) is 2. The molecule has 0 radical (unpaired) electrons. The molecule has 0 aliphatic rings. The van der Waals surface area contributed by atoms with Crippen LogP contribution in [0.25, 0.3) is 0 Å². The number of aryl methyl sites for hydroxylation is 3. The highest BCUT2D eigenvalue weighted by Crippen LogP contribution is 2.32. The van der Waals surface area contributed by atoms with E-state index in [9.17, 15) is 13.2 Å². The largest absolute Gasteiger partial charge is 0.482 e. The molecule has 32 heavy (non-hydrogen) atoms. The lowest BCUT2D eigenvalue weighted by atomic mass is 10.1. The molecule has 0 aliphatic heterocycles. The van der Waals surface area contributed by atoms with Crippen LogP contribution >= 0.6 is 31.9 Å². The molecule has 0 unspecified atom stereocenters. The van der Waals surface area contributed by atoms with Gasteiger partial charge in [-0.25, -0.2) is 8.42 Å². The van der Waals surface area contributed by atoms with Gasteiger partial charge in [0.05, 0.1) is 9.37 Å². The third-order valence-corrected chi connectivity index (χ3v) is 7.19. The molecule has 0 fully saturated rings. The van der Waals surface area contributed by atoms with Crippen LogP contribution in [-0.2, 0) is 14.8 Å².